The first-order valence-corrected chi connectivity index (χ1v) is 9.67. The molecule has 2 aliphatic heterocycles. The van der Waals surface area contributed by atoms with E-state index in [1.807, 2.05) is 0 Å². The molecule has 2 heterocycles. The smallest absolute Gasteiger partial charge is 0.114 e. The van der Waals surface area contributed by atoms with E-state index >= 15 is 0 Å². The van der Waals surface area contributed by atoms with Crippen LogP contribution in [0.1, 0.15) is 103 Å². The lowest BCUT2D eigenvalue weighted by molar-refractivity contribution is 0.0763. The standard InChI is InChI=1S/C19H36FN/c1-2-3-4-5-6-7-8-9-10-11-14-19(20)15-17-12-13-18(16-19)21-17/h17-18,21H,2-16H2,1H3. The van der Waals surface area contributed by atoms with Crippen LogP contribution in [0.4, 0.5) is 4.39 Å². The summed E-state index contributed by atoms with van der Waals surface area (Å²) in [7, 11) is 0. The number of alkyl halides is 1. The van der Waals surface area contributed by atoms with Crippen LogP contribution in [0.2, 0.25) is 0 Å². The molecule has 21 heavy (non-hydrogen) atoms. The highest BCUT2D eigenvalue weighted by atomic mass is 19.1. The summed E-state index contributed by atoms with van der Waals surface area (Å²) in [6, 6.07) is 0.966. The molecule has 0 aromatic heterocycles. The van der Waals surface area contributed by atoms with Crippen LogP contribution in [0.25, 0.3) is 0 Å². The highest BCUT2D eigenvalue weighted by Gasteiger charge is 2.43. The number of fused-ring (bicyclic) bond motifs is 2. The van der Waals surface area contributed by atoms with Gasteiger partial charge in [-0.3, -0.25) is 0 Å². The van der Waals surface area contributed by atoms with Crippen molar-refractivity contribution in [2.75, 3.05) is 0 Å². The van der Waals surface area contributed by atoms with Crippen molar-refractivity contribution in [2.24, 2.45) is 0 Å². The summed E-state index contributed by atoms with van der Waals surface area (Å²) in [4.78, 5) is 0. The van der Waals surface area contributed by atoms with Crippen molar-refractivity contribution in [1.82, 2.24) is 5.32 Å². The number of rotatable bonds is 11. The average molecular weight is 298 g/mol. The minimum absolute atomic E-state index is 0.483. The summed E-state index contributed by atoms with van der Waals surface area (Å²) < 4.78 is 14.8. The Morgan fingerprint density at radius 3 is 1.81 bits per heavy atom. The monoisotopic (exact) mass is 297 g/mol. The number of unbranched alkanes of at least 4 members (excludes halogenated alkanes) is 9. The first-order valence-electron chi connectivity index (χ1n) is 9.67. The Kier molecular flexibility index (Phi) is 7.49. The van der Waals surface area contributed by atoms with Gasteiger partial charge < -0.3 is 5.32 Å². The molecule has 0 aliphatic carbocycles. The summed E-state index contributed by atoms with van der Waals surface area (Å²) >= 11 is 0. The van der Waals surface area contributed by atoms with Crippen molar-refractivity contribution in [3.8, 4) is 0 Å². The van der Waals surface area contributed by atoms with Crippen LogP contribution in [0.3, 0.4) is 0 Å². The number of piperidine rings is 1. The summed E-state index contributed by atoms with van der Waals surface area (Å²) in [5.41, 5.74) is -0.836. The molecule has 2 unspecified atom stereocenters. The van der Waals surface area contributed by atoms with Crippen molar-refractivity contribution < 1.29 is 4.39 Å². The lowest BCUT2D eigenvalue weighted by Crippen LogP contribution is -2.46. The van der Waals surface area contributed by atoms with Crippen molar-refractivity contribution in [3.63, 3.8) is 0 Å². The molecule has 2 aliphatic rings. The molecule has 1 nitrogen and oxygen atoms in total. The summed E-state index contributed by atoms with van der Waals surface area (Å²) in [6.45, 7) is 2.27. The SMILES string of the molecule is CCCCCCCCCCCCC1(F)CC2CCC(C1)N2. The van der Waals surface area contributed by atoms with Gasteiger partial charge in [0.1, 0.15) is 5.67 Å². The van der Waals surface area contributed by atoms with Crippen LogP contribution in [0, 0.1) is 0 Å². The van der Waals surface area contributed by atoms with E-state index in [2.05, 4.69) is 12.2 Å². The Balaban J connectivity index is 1.43. The lowest BCUT2D eigenvalue weighted by atomic mass is 9.85. The van der Waals surface area contributed by atoms with E-state index in [9.17, 15) is 4.39 Å². The number of hydrogen-bond donors (Lipinski definition) is 1. The molecule has 1 N–H and O–H groups in total. The van der Waals surface area contributed by atoms with Crippen LogP contribution < -0.4 is 5.32 Å². The van der Waals surface area contributed by atoms with Gasteiger partial charge in [0.25, 0.3) is 0 Å². The van der Waals surface area contributed by atoms with Crippen molar-refractivity contribution in [2.45, 2.75) is 121 Å². The third-order valence-corrected chi connectivity index (χ3v) is 5.54. The molecule has 0 saturated carbocycles. The summed E-state index contributed by atoms with van der Waals surface area (Å²) in [5, 5.41) is 3.54. The molecule has 2 atom stereocenters. The van der Waals surface area contributed by atoms with Crippen molar-refractivity contribution in [1.29, 1.82) is 0 Å². The molecule has 2 heteroatoms. The Hall–Kier alpha value is -0.110. The zero-order valence-electron chi connectivity index (χ0n) is 14.1. The van der Waals surface area contributed by atoms with Crippen LogP contribution in [0.15, 0.2) is 0 Å². The van der Waals surface area contributed by atoms with Gasteiger partial charge in [-0.05, 0) is 32.1 Å². The minimum Gasteiger partial charge on any atom is -0.311 e. The van der Waals surface area contributed by atoms with Crippen molar-refractivity contribution in [3.05, 3.63) is 0 Å². The van der Waals surface area contributed by atoms with Gasteiger partial charge in [0.2, 0.25) is 0 Å². The molecule has 2 saturated heterocycles. The Morgan fingerprint density at radius 1 is 0.810 bits per heavy atom. The average Bonchev–Trinajstić information content (AvgIpc) is 2.81. The molecule has 0 aromatic rings. The molecule has 0 amide bonds. The molecule has 0 spiro atoms. The zero-order chi connectivity index (χ0) is 15.0. The molecule has 2 rings (SSSR count). The number of halogens is 1. The predicted molar refractivity (Wildman–Crippen MR) is 89.5 cm³/mol. The molecule has 2 fully saturated rings. The second kappa shape index (κ2) is 9.12. The van der Waals surface area contributed by atoms with Crippen LogP contribution >= 0.6 is 0 Å². The van der Waals surface area contributed by atoms with Gasteiger partial charge in [0.15, 0.2) is 0 Å². The van der Waals surface area contributed by atoms with Crippen LogP contribution in [0.5, 0.6) is 0 Å². The Morgan fingerprint density at radius 2 is 1.29 bits per heavy atom. The molecule has 2 bridgehead atoms. The van der Waals surface area contributed by atoms with E-state index in [-0.39, 0.29) is 0 Å². The Bertz CT molecular complexity index is 267. The first kappa shape index (κ1) is 17.2. The maximum Gasteiger partial charge on any atom is 0.114 e. The number of nitrogens with one attached hydrogen (secondary N) is 1. The van der Waals surface area contributed by atoms with E-state index in [1.54, 1.807) is 0 Å². The second-order valence-electron chi connectivity index (χ2n) is 7.63. The Labute approximate surface area is 131 Å². The maximum atomic E-state index is 14.8. The fraction of sp³-hybridized carbons (Fsp3) is 1.00. The van der Waals surface area contributed by atoms with Crippen LogP contribution in [-0.4, -0.2) is 17.8 Å². The fourth-order valence-electron chi connectivity index (χ4n) is 4.32. The van der Waals surface area contributed by atoms with Gasteiger partial charge in [-0.15, -0.1) is 0 Å². The molecule has 124 valence electrons. The molecule has 0 radical (unpaired) electrons. The largest absolute Gasteiger partial charge is 0.311 e. The highest BCUT2D eigenvalue weighted by molar-refractivity contribution is 4.99. The normalized spacial score (nSPS) is 31.7. The molecule has 0 aromatic carbocycles. The predicted octanol–water partition coefficient (Wildman–Crippen LogP) is 5.92. The quantitative estimate of drug-likeness (QED) is 0.467. The van der Waals surface area contributed by atoms with E-state index in [4.69, 9.17) is 0 Å². The minimum atomic E-state index is -0.836. The van der Waals surface area contributed by atoms with Gasteiger partial charge in [-0.25, -0.2) is 4.39 Å². The lowest BCUT2D eigenvalue weighted by Gasteiger charge is -2.35. The van der Waals surface area contributed by atoms with E-state index in [0.717, 1.165) is 25.7 Å². The number of hydrogen-bond acceptors (Lipinski definition) is 1. The zero-order valence-corrected chi connectivity index (χ0v) is 14.1. The van der Waals surface area contributed by atoms with Crippen LogP contribution in [-0.2, 0) is 0 Å². The highest BCUT2D eigenvalue weighted by Crippen LogP contribution is 2.39. The van der Waals surface area contributed by atoms with E-state index in [1.165, 1.54) is 70.6 Å². The topological polar surface area (TPSA) is 12.0 Å². The molecular weight excluding hydrogens is 261 g/mol. The first-order chi connectivity index (χ1) is 10.2. The van der Waals surface area contributed by atoms with Crippen molar-refractivity contribution >= 4 is 0 Å². The summed E-state index contributed by atoms with van der Waals surface area (Å²) in [6.07, 6.45) is 18.2. The third kappa shape index (κ3) is 6.26. The van der Waals surface area contributed by atoms with Gasteiger partial charge >= 0.3 is 0 Å². The van der Waals surface area contributed by atoms with Gasteiger partial charge in [0, 0.05) is 12.1 Å². The fourth-order valence-corrected chi connectivity index (χ4v) is 4.32. The third-order valence-electron chi connectivity index (χ3n) is 5.54. The molecular formula is C19H36FN. The maximum absolute atomic E-state index is 14.8. The summed E-state index contributed by atoms with van der Waals surface area (Å²) in [5.74, 6) is 0. The van der Waals surface area contributed by atoms with E-state index < -0.39 is 5.67 Å². The van der Waals surface area contributed by atoms with Gasteiger partial charge in [0.05, 0.1) is 0 Å². The van der Waals surface area contributed by atoms with Gasteiger partial charge in [-0.1, -0.05) is 71.1 Å². The second-order valence-corrected chi connectivity index (χ2v) is 7.63. The van der Waals surface area contributed by atoms with E-state index in [0.29, 0.717) is 12.1 Å². The van der Waals surface area contributed by atoms with Gasteiger partial charge in [-0.2, -0.15) is 0 Å².